The number of rotatable bonds is 3. The molecular weight excluding hydrogens is 374 g/mol. The maximum atomic E-state index is 12.9. The van der Waals surface area contributed by atoms with Crippen molar-refractivity contribution in [1.29, 1.82) is 0 Å². The number of hydrogen-bond donors (Lipinski definition) is 1. The number of pyridine rings is 2. The molecule has 1 N–H and O–H groups in total. The zero-order chi connectivity index (χ0) is 20.7. The van der Waals surface area contributed by atoms with Gasteiger partial charge >= 0.3 is 11.9 Å². The fourth-order valence-corrected chi connectivity index (χ4v) is 4.37. The minimum atomic E-state index is -0.507. The van der Waals surface area contributed by atoms with Crippen LogP contribution in [0.2, 0.25) is 0 Å². The third-order valence-electron chi connectivity index (χ3n) is 5.93. The number of hydrogen-bond acceptors (Lipinski definition) is 7. The SMILES string of the molecule is COC(=O)C1=CNC(=O)C2C1CC(OC(=O)c1cnc(C)c3cnccc13)C2C. The van der Waals surface area contributed by atoms with E-state index in [1.54, 1.807) is 18.5 Å². The number of carbonyl (C=O) groups excluding carboxylic acids is 3. The number of amides is 1. The van der Waals surface area contributed by atoms with Crippen molar-refractivity contribution in [2.45, 2.75) is 26.4 Å². The molecule has 4 rings (SSSR count). The van der Waals surface area contributed by atoms with E-state index in [0.717, 1.165) is 11.1 Å². The molecule has 1 amide bonds. The lowest BCUT2D eigenvalue weighted by atomic mass is 9.82. The summed E-state index contributed by atoms with van der Waals surface area (Å²) in [6.45, 7) is 3.71. The first kappa shape index (κ1) is 19.0. The molecule has 2 aromatic rings. The van der Waals surface area contributed by atoms with E-state index in [9.17, 15) is 14.4 Å². The number of ether oxygens (including phenoxy) is 2. The van der Waals surface area contributed by atoms with Crippen molar-refractivity contribution >= 4 is 28.6 Å². The average molecular weight is 395 g/mol. The minimum absolute atomic E-state index is 0.178. The van der Waals surface area contributed by atoms with Crippen LogP contribution in [0.5, 0.6) is 0 Å². The Hall–Kier alpha value is -3.29. The van der Waals surface area contributed by atoms with Gasteiger partial charge in [0.15, 0.2) is 0 Å². The standard InChI is InChI=1S/C21H21N3O5/c1-10-17(6-13-16(20(26)28-3)9-24-19(25)18(10)13)29-21(27)15-8-23-11(2)14-7-22-5-4-12(14)15/h4-5,7-10,13,17-18H,6H2,1-3H3,(H,24,25). The van der Waals surface area contributed by atoms with Crippen LogP contribution < -0.4 is 5.32 Å². The molecule has 0 bridgehead atoms. The Balaban J connectivity index is 1.60. The lowest BCUT2D eigenvalue weighted by Crippen LogP contribution is -2.40. The van der Waals surface area contributed by atoms with Crippen molar-refractivity contribution in [2.75, 3.05) is 7.11 Å². The number of aryl methyl sites for hydroxylation is 1. The molecule has 4 atom stereocenters. The summed E-state index contributed by atoms with van der Waals surface area (Å²) in [5.74, 6) is -2.22. The van der Waals surface area contributed by atoms with Crippen LogP contribution in [0, 0.1) is 24.7 Å². The molecule has 0 aromatic carbocycles. The molecule has 150 valence electrons. The molecule has 2 aromatic heterocycles. The molecule has 0 radical (unpaired) electrons. The van der Waals surface area contributed by atoms with E-state index in [0.29, 0.717) is 22.9 Å². The Bertz CT molecular complexity index is 1050. The lowest BCUT2D eigenvalue weighted by molar-refractivity contribution is -0.137. The van der Waals surface area contributed by atoms with Gasteiger partial charge in [0.2, 0.25) is 5.91 Å². The highest BCUT2D eigenvalue weighted by atomic mass is 16.5. The van der Waals surface area contributed by atoms with E-state index < -0.39 is 24.0 Å². The molecule has 1 aliphatic heterocycles. The average Bonchev–Trinajstić information content (AvgIpc) is 3.05. The number of methoxy groups -OCH3 is 1. The second-order valence-electron chi connectivity index (χ2n) is 7.45. The second kappa shape index (κ2) is 7.27. The highest BCUT2D eigenvalue weighted by Gasteiger charge is 2.51. The van der Waals surface area contributed by atoms with Crippen molar-refractivity contribution in [1.82, 2.24) is 15.3 Å². The largest absolute Gasteiger partial charge is 0.466 e. The number of aromatic nitrogens is 2. The van der Waals surface area contributed by atoms with Crippen LogP contribution in [0.25, 0.3) is 10.8 Å². The summed E-state index contributed by atoms with van der Waals surface area (Å²) in [6, 6.07) is 1.75. The number of nitrogens with one attached hydrogen (secondary N) is 1. The molecule has 29 heavy (non-hydrogen) atoms. The zero-order valence-corrected chi connectivity index (χ0v) is 16.3. The smallest absolute Gasteiger partial charge is 0.340 e. The monoisotopic (exact) mass is 395 g/mol. The summed E-state index contributed by atoms with van der Waals surface area (Å²) in [4.78, 5) is 45.8. The van der Waals surface area contributed by atoms with Gasteiger partial charge in [-0.25, -0.2) is 9.59 Å². The van der Waals surface area contributed by atoms with Crippen molar-refractivity contribution in [3.63, 3.8) is 0 Å². The second-order valence-corrected chi connectivity index (χ2v) is 7.45. The van der Waals surface area contributed by atoms with E-state index in [1.807, 2.05) is 13.8 Å². The number of carbonyl (C=O) groups is 3. The Kier molecular flexibility index (Phi) is 4.77. The number of esters is 2. The molecule has 0 spiro atoms. The first-order chi connectivity index (χ1) is 13.9. The van der Waals surface area contributed by atoms with Crippen LogP contribution >= 0.6 is 0 Å². The maximum absolute atomic E-state index is 12.9. The summed E-state index contributed by atoms with van der Waals surface area (Å²) >= 11 is 0. The van der Waals surface area contributed by atoms with Crippen molar-refractivity contribution < 1.29 is 23.9 Å². The zero-order valence-electron chi connectivity index (χ0n) is 16.3. The van der Waals surface area contributed by atoms with Gasteiger partial charge in [0.1, 0.15) is 6.10 Å². The molecule has 1 fully saturated rings. The van der Waals surface area contributed by atoms with E-state index in [1.165, 1.54) is 19.5 Å². The molecule has 4 unspecified atom stereocenters. The Morgan fingerprint density at radius 3 is 2.76 bits per heavy atom. The fraction of sp³-hybridized carbons (Fsp3) is 0.381. The van der Waals surface area contributed by atoms with Gasteiger partial charge in [-0.05, 0) is 19.4 Å². The van der Waals surface area contributed by atoms with E-state index >= 15 is 0 Å². The highest BCUT2D eigenvalue weighted by Crippen LogP contribution is 2.45. The predicted molar refractivity (Wildman–Crippen MR) is 102 cm³/mol. The lowest BCUT2D eigenvalue weighted by Gasteiger charge is -2.26. The van der Waals surface area contributed by atoms with Crippen LogP contribution in [0.15, 0.2) is 36.4 Å². The van der Waals surface area contributed by atoms with E-state index in [4.69, 9.17) is 9.47 Å². The topological polar surface area (TPSA) is 107 Å². The van der Waals surface area contributed by atoms with E-state index in [2.05, 4.69) is 15.3 Å². The van der Waals surface area contributed by atoms with Crippen LogP contribution in [-0.4, -0.2) is 41.0 Å². The first-order valence-corrected chi connectivity index (χ1v) is 9.41. The third kappa shape index (κ3) is 3.14. The summed E-state index contributed by atoms with van der Waals surface area (Å²) < 4.78 is 10.6. The molecule has 8 nitrogen and oxygen atoms in total. The Labute approximate surface area is 167 Å². The van der Waals surface area contributed by atoms with Crippen molar-refractivity contribution in [2.24, 2.45) is 17.8 Å². The Morgan fingerprint density at radius 1 is 1.21 bits per heavy atom. The van der Waals surface area contributed by atoms with Gasteiger partial charge in [0.05, 0.1) is 24.2 Å². The molecule has 8 heteroatoms. The molecule has 3 heterocycles. The van der Waals surface area contributed by atoms with Gasteiger partial charge in [-0.3, -0.25) is 14.8 Å². The normalized spacial score (nSPS) is 25.8. The molecule has 1 aliphatic carbocycles. The van der Waals surface area contributed by atoms with Crippen LogP contribution in [0.4, 0.5) is 0 Å². The highest BCUT2D eigenvalue weighted by molar-refractivity contribution is 6.04. The van der Waals surface area contributed by atoms with Gasteiger partial charge in [0, 0.05) is 53.1 Å². The van der Waals surface area contributed by atoms with Crippen molar-refractivity contribution in [3.8, 4) is 0 Å². The first-order valence-electron chi connectivity index (χ1n) is 9.41. The van der Waals surface area contributed by atoms with Gasteiger partial charge in [-0.2, -0.15) is 0 Å². The number of nitrogens with zero attached hydrogens (tertiary/aromatic N) is 2. The van der Waals surface area contributed by atoms with Crippen LogP contribution in [0.3, 0.4) is 0 Å². The summed E-state index contributed by atoms with van der Waals surface area (Å²) in [5, 5.41) is 4.12. The molecule has 0 saturated heterocycles. The van der Waals surface area contributed by atoms with Gasteiger partial charge in [-0.1, -0.05) is 6.92 Å². The Morgan fingerprint density at radius 2 is 2.00 bits per heavy atom. The summed E-state index contributed by atoms with van der Waals surface area (Å²) in [6.07, 6.45) is 6.05. The fourth-order valence-electron chi connectivity index (χ4n) is 4.37. The third-order valence-corrected chi connectivity index (χ3v) is 5.93. The molecule has 2 aliphatic rings. The summed E-state index contributed by atoms with van der Waals surface area (Å²) in [7, 11) is 1.30. The van der Waals surface area contributed by atoms with Crippen molar-refractivity contribution in [3.05, 3.63) is 47.7 Å². The predicted octanol–water partition coefficient (Wildman–Crippen LogP) is 1.92. The summed E-state index contributed by atoms with van der Waals surface area (Å²) in [5.41, 5.74) is 1.52. The van der Waals surface area contributed by atoms with Crippen LogP contribution in [0.1, 0.15) is 29.4 Å². The van der Waals surface area contributed by atoms with Gasteiger partial charge in [0.25, 0.3) is 0 Å². The number of fused-ring (bicyclic) bond motifs is 2. The van der Waals surface area contributed by atoms with Gasteiger partial charge in [-0.15, -0.1) is 0 Å². The minimum Gasteiger partial charge on any atom is -0.466 e. The quantitative estimate of drug-likeness (QED) is 0.791. The molecular formula is C21H21N3O5. The molecule has 1 saturated carbocycles. The van der Waals surface area contributed by atoms with Gasteiger partial charge < -0.3 is 14.8 Å². The van der Waals surface area contributed by atoms with E-state index in [-0.39, 0.29) is 17.7 Å². The maximum Gasteiger partial charge on any atom is 0.340 e. The van der Waals surface area contributed by atoms with Crippen LogP contribution in [-0.2, 0) is 19.1 Å².